The Morgan fingerprint density at radius 3 is 2.68 bits per heavy atom. The van der Waals surface area contributed by atoms with E-state index >= 15 is 0 Å². The van der Waals surface area contributed by atoms with Crippen molar-refractivity contribution in [1.29, 1.82) is 5.26 Å². The average Bonchev–Trinajstić information content (AvgIpc) is 2.77. The van der Waals surface area contributed by atoms with Crippen molar-refractivity contribution in [1.82, 2.24) is 15.4 Å². The Hall–Kier alpha value is -2.82. The van der Waals surface area contributed by atoms with Gasteiger partial charge in [-0.25, -0.2) is 14.5 Å². The number of aromatic nitrogens is 1. The zero-order valence-corrected chi connectivity index (χ0v) is 12.8. The van der Waals surface area contributed by atoms with Crippen molar-refractivity contribution in [3.8, 4) is 6.07 Å². The second-order valence-electron chi connectivity index (χ2n) is 4.79. The predicted octanol–water partition coefficient (Wildman–Crippen LogP) is 2.31. The highest BCUT2D eigenvalue weighted by Gasteiger charge is 2.42. The Balaban J connectivity index is 2.64. The van der Waals surface area contributed by atoms with E-state index in [0.717, 1.165) is 4.90 Å². The van der Waals surface area contributed by atoms with Gasteiger partial charge in [0, 0.05) is 11.3 Å². The molecule has 0 aromatic carbocycles. The average molecular weight is 304 g/mol. The molecule has 3 amide bonds. The maximum absolute atomic E-state index is 12.2. The van der Waals surface area contributed by atoms with Crippen molar-refractivity contribution < 1.29 is 18.8 Å². The molecule has 1 unspecified atom stereocenters. The van der Waals surface area contributed by atoms with Gasteiger partial charge in [0.05, 0.1) is 23.9 Å². The van der Waals surface area contributed by atoms with E-state index in [-0.39, 0.29) is 12.2 Å². The molecule has 0 aliphatic carbocycles. The van der Waals surface area contributed by atoms with Gasteiger partial charge in [-0.1, -0.05) is 5.16 Å². The summed E-state index contributed by atoms with van der Waals surface area (Å²) < 4.78 is 10.0. The first-order chi connectivity index (χ1) is 10.4. The number of urea groups is 1. The van der Waals surface area contributed by atoms with Crippen LogP contribution in [0.2, 0.25) is 0 Å². The Bertz CT molecular complexity index is 679. The van der Waals surface area contributed by atoms with Crippen LogP contribution in [-0.2, 0) is 4.74 Å². The van der Waals surface area contributed by atoms with Crippen LogP contribution in [0.4, 0.5) is 9.59 Å². The van der Waals surface area contributed by atoms with Crippen LogP contribution in [0.15, 0.2) is 15.8 Å². The number of hydrogen-bond donors (Lipinski definition) is 1. The number of aryl methyl sites for hydroxylation is 2. The van der Waals surface area contributed by atoms with Gasteiger partial charge < -0.3 is 14.6 Å². The van der Waals surface area contributed by atoms with Crippen molar-refractivity contribution >= 4 is 12.1 Å². The van der Waals surface area contributed by atoms with Crippen molar-refractivity contribution in [2.24, 2.45) is 0 Å². The lowest BCUT2D eigenvalue weighted by Gasteiger charge is -2.33. The number of imide groups is 1. The standard InChI is InChI=1S/C14H16N4O4/c1-5-21-14(20)18-12(11-8(3)17-22-9(11)4)10(6-15)7(2)16-13(18)19/h12H,5H2,1-4H3,(H,16,19). The van der Waals surface area contributed by atoms with E-state index in [1.54, 1.807) is 27.7 Å². The van der Waals surface area contributed by atoms with E-state index in [9.17, 15) is 14.9 Å². The number of carbonyl (C=O) groups excluding carboxylic acids is 2. The molecule has 1 aromatic heterocycles. The fourth-order valence-electron chi connectivity index (χ4n) is 2.42. The van der Waals surface area contributed by atoms with E-state index in [4.69, 9.17) is 9.26 Å². The van der Waals surface area contributed by atoms with Crippen LogP contribution in [-0.4, -0.2) is 28.8 Å². The lowest BCUT2D eigenvalue weighted by molar-refractivity contribution is 0.104. The molecule has 0 saturated carbocycles. The van der Waals surface area contributed by atoms with Gasteiger partial charge in [0.2, 0.25) is 0 Å². The minimum absolute atomic E-state index is 0.113. The number of ether oxygens (including phenoxy) is 1. The zero-order valence-electron chi connectivity index (χ0n) is 12.8. The number of hydrogen-bond acceptors (Lipinski definition) is 6. The number of allylic oxidation sites excluding steroid dienone is 1. The molecule has 1 N–H and O–H groups in total. The van der Waals surface area contributed by atoms with Gasteiger partial charge >= 0.3 is 12.1 Å². The SMILES string of the molecule is CCOC(=O)N1C(=O)NC(C)=C(C#N)C1c1c(C)noc1C. The van der Waals surface area contributed by atoms with Crippen molar-refractivity contribution in [2.45, 2.75) is 33.7 Å². The van der Waals surface area contributed by atoms with Crippen LogP contribution in [0.5, 0.6) is 0 Å². The third-order valence-corrected chi connectivity index (χ3v) is 3.40. The molecule has 1 aliphatic rings. The molecule has 1 aromatic rings. The van der Waals surface area contributed by atoms with Gasteiger partial charge in [0.1, 0.15) is 11.8 Å². The summed E-state index contributed by atoms with van der Waals surface area (Å²) in [5.74, 6) is 0.437. The first-order valence-corrected chi connectivity index (χ1v) is 6.72. The normalized spacial score (nSPS) is 18.0. The number of nitriles is 1. The van der Waals surface area contributed by atoms with Crippen LogP contribution >= 0.6 is 0 Å². The Morgan fingerprint density at radius 1 is 1.50 bits per heavy atom. The quantitative estimate of drug-likeness (QED) is 0.898. The van der Waals surface area contributed by atoms with E-state index < -0.39 is 18.2 Å². The highest BCUT2D eigenvalue weighted by atomic mass is 16.6. The number of nitrogens with one attached hydrogen (secondary N) is 1. The predicted molar refractivity (Wildman–Crippen MR) is 74.4 cm³/mol. The van der Waals surface area contributed by atoms with Crippen molar-refractivity contribution in [3.05, 3.63) is 28.3 Å². The summed E-state index contributed by atoms with van der Waals surface area (Å²) in [4.78, 5) is 25.3. The molecule has 22 heavy (non-hydrogen) atoms. The molecular formula is C14H16N4O4. The number of nitrogens with zero attached hydrogens (tertiary/aromatic N) is 3. The Kier molecular flexibility index (Phi) is 4.17. The number of rotatable bonds is 2. The highest BCUT2D eigenvalue weighted by Crippen LogP contribution is 2.36. The van der Waals surface area contributed by atoms with Crippen LogP contribution in [0.25, 0.3) is 0 Å². The summed E-state index contributed by atoms with van der Waals surface area (Å²) >= 11 is 0. The highest BCUT2D eigenvalue weighted by molar-refractivity contribution is 5.94. The smallest absolute Gasteiger partial charge is 0.418 e. The summed E-state index contributed by atoms with van der Waals surface area (Å²) in [5, 5.41) is 15.8. The van der Waals surface area contributed by atoms with Crippen LogP contribution in [0.3, 0.4) is 0 Å². The lowest BCUT2D eigenvalue weighted by atomic mass is 9.94. The molecule has 0 spiro atoms. The monoisotopic (exact) mass is 304 g/mol. The van der Waals surface area contributed by atoms with Gasteiger partial charge in [0.15, 0.2) is 0 Å². The molecule has 0 saturated heterocycles. The molecule has 116 valence electrons. The molecule has 2 rings (SSSR count). The van der Waals surface area contributed by atoms with Gasteiger partial charge in [-0.3, -0.25) is 0 Å². The maximum atomic E-state index is 12.2. The molecule has 0 radical (unpaired) electrons. The summed E-state index contributed by atoms with van der Waals surface area (Å²) in [6.07, 6.45) is -0.828. The van der Waals surface area contributed by atoms with Crippen molar-refractivity contribution in [3.63, 3.8) is 0 Å². The topological polar surface area (TPSA) is 108 Å². The third-order valence-electron chi connectivity index (χ3n) is 3.40. The Labute approximate surface area is 127 Å². The summed E-state index contributed by atoms with van der Waals surface area (Å²) in [5.41, 5.74) is 1.64. The molecular weight excluding hydrogens is 288 g/mol. The van der Waals surface area contributed by atoms with Crippen LogP contribution < -0.4 is 5.32 Å². The van der Waals surface area contributed by atoms with Gasteiger partial charge in [-0.2, -0.15) is 5.26 Å². The van der Waals surface area contributed by atoms with E-state index in [1.165, 1.54) is 0 Å². The number of amides is 3. The fraction of sp³-hybridized carbons (Fsp3) is 0.429. The summed E-state index contributed by atoms with van der Waals surface area (Å²) in [6, 6.07) is 0.474. The largest absolute Gasteiger partial charge is 0.449 e. The molecule has 2 heterocycles. The molecule has 0 bridgehead atoms. The minimum Gasteiger partial charge on any atom is -0.449 e. The maximum Gasteiger partial charge on any atom is 0.418 e. The van der Waals surface area contributed by atoms with Gasteiger partial charge in [-0.15, -0.1) is 0 Å². The first-order valence-electron chi connectivity index (χ1n) is 6.72. The number of carbonyl (C=O) groups is 2. The molecule has 1 aliphatic heterocycles. The van der Waals surface area contributed by atoms with Crippen LogP contribution in [0, 0.1) is 25.2 Å². The molecule has 0 fully saturated rings. The van der Waals surface area contributed by atoms with E-state index in [1.807, 2.05) is 6.07 Å². The molecule has 8 nitrogen and oxygen atoms in total. The first kappa shape index (κ1) is 15.6. The van der Waals surface area contributed by atoms with Crippen LogP contribution in [0.1, 0.15) is 36.9 Å². The molecule has 1 atom stereocenters. The zero-order chi connectivity index (χ0) is 16.4. The minimum atomic E-state index is -0.913. The lowest BCUT2D eigenvalue weighted by Crippen LogP contribution is -2.50. The summed E-state index contributed by atoms with van der Waals surface area (Å²) in [6.45, 7) is 6.70. The Morgan fingerprint density at radius 2 is 2.18 bits per heavy atom. The van der Waals surface area contributed by atoms with Gasteiger partial charge in [0.25, 0.3) is 0 Å². The molecule has 8 heteroatoms. The van der Waals surface area contributed by atoms with Crippen molar-refractivity contribution in [2.75, 3.05) is 6.61 Å². The van der Waals surface area contributed by atoms with Gasteiger partial charge in [-0.05, 0) is 27.7 Å². The third kappa shape index (κ3) is 2.41. The fourth-order valence-corrected chi connectivity index (χ4v) is 2.42. The second kappa shape index (κ2) is 5.89. The summed E-state index contributed by atoms with van der Waals surface area (Å²) in [7, 11) is 0. The second-order valence-corrected chi connectivity index (χ2v) is 4.79. The van der Waals surface area contributed by atoms with E-state index in [2.05, 4.69) is 10.5 Å². The van der Waals surface area contributed by atoms with E-state index in [0.29, 0.717) is 22.7 Å².